The fraction of sp³-hybridized carbons (Fsp3) is 0.0588. The number of benzene rings is 2. The maximum atomic E-state index is 14.3. The lowest BCUT2D eigenvalue weighted by Crippen LogP contribution is -2.18. The van der Waals surface area contributed by atoms with Crippen LogP contribution in [-0.2, 0) is 0 Å². The van der Waals surface area contributed by atoms with Crippen LogP contribution in [0.5, 0.6) is 17.4 Å². The van der Waals surface area contributed by atoms with Gasteiger partial charge in [0.25, 0.3) is 0 Å². The van der Waals surface area contributed by atoms with Gasteiger partial charge < -0.3 is 20.5 Å². The number of halogens is 1. The molecule has 1 aromatic heterocycles. The molecule has 0 spiro atoms. The average Bonchev–Trinajstić information content (AvgIpc) is 2.98. The Morgan fingerprint density at radius 2 is 2.00 bits per heavy atom. The third-order valence-electron chi connectivity index (χ3n) is 3.33. The van der Waals surface area contributed by atoms with Crippen LogP contribution in [-0.4, -0.2) is 22.4 Å². The van der Waals surface area contributed by atoms with Crippen molar-refractivity contribution >= 4 is 28.1 Å². The molecule has 0 saturated heterocycles. The zero-order valence-electron chi connectivity index (χ0n) is 13.2. The molecule has 3 rings (SSSR count). The van der Waals surface area contributed by atoms with Crippen molar-refractivity contribution in [3.63, 3.8) is 0 Å². The molecule has 2 aromatic carbocycles. The highest BCUT2D eigenvalue weighted by Crippen LogP contribution is 2.33. The van der Waals surface area contributed by atoms with Crippen LogP contribution in [0.25, 0.3) is 0 Å². The first-order chi connectivity index (χ1) is 12.1. The summed E-state index contributed by atoms with van der Waals surface area (Å²) in [5.41, 5.74) is 0.684. The Kier molecular flexibility index (Phi) is 4.80. The molecular weight excluding hydrogens is 343 g/mol. The van der Waals surface area contributed by atoms with Crippen molar-refractivity contribution in [3.05, 3.63) is 59.9 Å². The minimum Gasteiger partial charge on any atom is -0.492 e. The summed E-state index contributed by atoms with van der Waals surface area (Å²) in [6.07, 6.45) is 0. The van der Waals surface area contributed by atoms with Gasteiger partial charge in [0.2, 0.25) is 5.88 Å². The Morgan fingerprint density at radius 3 is 2.68 bits per heavy atom. The summed E-state index contributed by atoms with van der Waals surface area (Å²) >= 11 is 0.982. The van der Waals surface area contributed by atoms with Gasteiger partial charge in [0, 0.05) is 18.8 Å². The quantitative estimate of drug-likeness (QED) is 0.408. The Hall–Kier alpha value is -3.13. The van der Waals surface area contributed by atoms with E-state index in [0.717, 1.165) is 11.5 Å². The Bertz CT molecular complexity index is 899. The van der Waals surface area contributed by atoms with Crippen LogP contribution in [0, 0.1) is 11.2 Å². The predicted molar refractivity (Wildman–Crippen MR) is 95.9 cm³/mol. The minimum atomic E-state index is -0.534. The highest BCUT2D eigenvalue weighted by Gasteiger charge is 2.17. The fourth-order valence-electron chi connectivity index (χ4n) is 2.13. The van der Waals surface area contributed by atoms with Crippen molar-refractivity contribution in [1.82, 2.24) is 9.69 Å². The summed E-state index contributed by atoms with van der Waals surface area (Å²) in [5, 5.41) is 23.6. The van der Waals surface area contributed by atoms with Gasteiger partial charge in [-0.1, -0.05) is 18.2 Å². The molecule has 0 atom stereocenters. The second-order valence-electron chi connectivity index (χ2n) is 5.02. The molecule has 0 saturated carbocycles. The largest absolute Gasteiger partial charge is 0.492 e. The van der Waals surface area contributed by atoms with Gasteiger partial charge in [0.05, 0.1) is 0 Å². The van der Waals surface area contributed by atoms with Gasteiger partial charge in [-0.15, -0.1) is 0 Å². The van der Waals surface area contributed by atoms with Crippen LogP contribution in [0.4, 0.5) is 15.1 Å². The number of nitrogens with zero attached hydrogens (tertiary/aromatic N) is 1. The van der Waals surface area contributed by atoms with E-state index in [4.69, 9.17) is 10.1 Å². The van der Waals surface area contributed by atoms with Gasteiger partial charge in [-0.05, 0) is 35.8 Å². The van der Waals surface area contributed by atoms with Gasteiger partial charge in [-0.25, -0.2) is 4.39 Å². The smallest absolute Gasteiger partial charge is 0.236 e. The van der Waals surface area contributed by atoms with E-state index >= 15 is 0 Å². The zero-order chi connectivity index (χ0) is 17.8. The Labute approximate surface area is 147 Å². The first kappa shape index (κ1) is 16.7. The molecule has 4 N–H and O–H groups in total. The number of ether oxygens (including phenoxy) is 1. The molecule has 0 fully saturated rings. The summed E-state index contributed by atoms with van der Waals surface area (Å²) in [4.78, 5) is 0. The Morgan fingerprint density at radius 1 is 1.24 bits per heavy atom. The molecule has 128 valence electrons. The van der Waals surface area contributed by atoms with E-state index in [-0.39, 0.29) is 23.0 Å². The van der Waals surface area contributed by atoms with E-state index in [1.165, 1.54) is 12.1 Å². The number of aromatic hydroxyl groups is 1. The van der Waals surface area contributed by atoms with Crippen molar-refractivity contribution in [2.24, 2.45) is 0 Å². The lowest BCUT2D eigenvalue weighted by molar-refractivity contribution is 0.442. The van der Waals surface area contributed by atoms with E-state index in [9.17, 15) is 9.50 Å². The summed E-state index contributed by atoms with van der Waals surface area (Å²) in [7, 11) is 1.57. The summed E-state index contributed by atoms with van der Waals surface area (Å²) in [5.74, 6) is -0.131. The van der Waals surface area contributed by atoms with Crippen LogP contribution in [0.2, 0.25) is 0 Å². The van der Waals surface area contributed by atoms with Crippen molar-refractivity contribution in [1.29, 1.82) is 5.41 Å². The topological polar surface area (TPSA) is 90.3 Å². The number of hydrogen-bond acceptors (Lipinski definition) is 6. The minimum absolute atomic E-state index is 0.0123. The number of hydrogen-bond donors (Lipinski definition) is 4. The monoisotopic (exact) mass is 358 g/mol. The Balaban J connectivity index is 1.81. The van der Waals surface area contributed by atoms with Gasteiger partial charge in [0.15, 0.2) is 11.6 Å². The standard InChI is InChI=1S/C17H15FN4O2S/c1-20-15(19)14-16(23)22-25-17(14)21-10-7-8-13(12(18)9-10)24-11-5-3-2-4-6-11/h2-9,21H,1H3,(H2,19,20)(H,22,23). The molecule has 0 radical (unpaired) electrons. The van der Waals surface area contributed by atoms with Crippen LogP contribution >= 0.6 is 11.5 Å². The molecule has 1 heterocycles. The summed E-state index contributed by atoms with van der Waals surface area (Å²) in [6, 6.07) is 13.4. The average molecular weight is 358 g/mol. The van der Waals surface area contributed by atoms with E-state index in [0.29, 0.717) is 16.4 Å². The lowest BCUT2D eigenvalue weighted by atomic mass is 10.2. The number of rotatable bonds is 5. The molecule has 25 heavy (non-hydrogen) atoms. The van der Waals surface area contributed by atoms with E-state index in [1.807, 2.05) is 6.07 Å². The zero-order valence-corrected chi connectivity index (χ0v) is 14.0. The van der Waals surface area contributed by atoms with Crippen LogP contribution in [0.3, 0.4) is 0 Å². The third-order valence-corrected chi connectivity index (χ3v) is 4.09. The van der Waals surface area contributed by atoms with Gasteiger partial charge in [-0.2, -0.15) is 4.37 Å². The maximum Gasteiger partial charge on any atom is 0.236 e. The van der Waals surface area contributed by atoms with Crippen LogP contribution in [0.1, 0.15) is 5.56 Å². The molecule has 0 aliphatic carbocycles. The third kappa shape index (κ3) is 3.69. The van der Waals surface area contributed by atoms with Crippen molar-refractivity contribution in [2.45, 2.75) is 0 Å². The van der Waals surface area contributed by atoms with E-state index in [2.05, 4.69) is 15.0 Å². The number of aromatic nitrogens is 1. The second kappa shape index (κ2) is 7.18. The second-order valence-corrected chi connectivity index (χ2v) is 5.79. The molecule has 6 nitrogen and oxygen atoms in total. The molecule has 0 bridgehead atoms. The molecule has 0 aliphatic heterocycles. The maximum absolute atomic E-state index is 14.3. The number of nitrogens with one attached hydrogen (secondary N) is 3. The number of amidine groups is 1. The van der Waals surface area contributed by atoms with E-state index in [1.54, 1.807) is 37.4 Å². The van der Waals surface area contributed by atoms with Gasteiger partial charge >= 0.3 is 0 Å². The summed E-state index contributed by atoms with van der Waals surface area (Å²) < 4.78 is 23.6. The van der Waals surface area contributed by atoms with Crippen molar-refractivity contribution in [3.8, 4) is 17.4 Å². The normalized spacial score (nSPS) is 10.3. The molecule has 0 aliphatic rings. The first-order valence-corrected chi connectivity index (χ1v) is 8.10. The van der Waals surface area contributed by atoms with Crippen LogP contribution in [0.15, 0.2) is 48.5 Å². The highest BCUT2D eigenvalue weighted by atomic mass is 32.1. The molecule has 0 unspecified atom stereocenters. The summed E-state index contributed by atoms with van der Waals surface area (Å²) in [6.45, 7) is 0. The number of anilines is 2. The number of para-hydroxylation sites is 1. The van der Waals surface area contributed by atoms with Gasteiger partial charge in [0.1, 0.15) is 22.1 Å². The van der Waals surface area contributed by atoms with Crippen molar-refractivity contribution in [2.75, 3.05) is 12.4 Å². The lowest BCUT2D eigenvalue weighted by Gasteiger charge is -2.10. The molecular formula is C17H15FN4O2S. The van der Waals surface area contributed by atoms with E-state index < -0.39 is 5.82 Å². The SMILES string of the molecule is CNC(=N)c1c(O)nsc1Nc1ccc(Oc2ccccc2)c(F)c1. The van der Waals surface area contributed by atoms with Crippen molar-refractivity contribution < 1.29 is 14.2 Å². The first-order valence-electron chi connectivity index (χ1n) is 7.33. The predicted octanol–water partition coefficient (Wildman–Crippen LogP) is 4.07. The van der Waals surface area contributed by atoms with Gasteiger partial charge in [-0.3, -0.25) is 5.41 Å². The molecule has 0 amide bonds. The molecule has 8 heteroatoms. The fourth-order valence-corrected chi connectivity index (χ4v) is 2.84. The van der Waals surface area contributed by atoms with Crippen LogP contribution < -0.4 is 15.4 Å². The highest BCUT2D eigenvalue weighted by molar-refractivity contribution is 7.11. The molecule has 3 aromatic rings.